The zero-order valence-corrected chi connectivity index (χ0v) is 14.3. The van der Waals surface area contributed by atoms with E-state index in [0.29, 0.717) is 25.4 Å². The maximum Gasteiger partial charge on any atom is 0.163 e. The van der Waals surface area contributed by atoms with Gasteiger partial charge < -0.3 is 19.2 Å². The number of H-pyrrole nitrogens is 1. The molecular weight excluding hydrogens is 318 g/mol. The van der Waals surface area contributed by atoms with Gasteiger partial charge in [0.25, 0.3) is 0 Å². The van der Waals surface area contributed by atoms with Crippen molar-refractivity contribution in [3.63, 3.8) is 0 Å². The summed E-state index contributed by atoms with van der Waals surface area (Å²) < 4.78 is 17.3. The number of aromatic nitrogens is 1. The summed E-state index contributed by atoms with van der Waals surface area (Å²) in [6.07, 6.45) is 2.70. The van der Waals surface area contributed by atoms with E-state index in [-0.39, 0.29) is 0 Å². The number of hydrogen-bond acceptors (Lipinski definition) is 5. The fraction of sp³-hybridized carbons (Fsp3) is 0.579. The molecule has 0 unspecified atom stereocenters. The van der Waals surface area contributed by atoms with Crippen molar-refractivity contribution < 1.29 is 14.2 Å². The Bertz CT molecular complexity index is 833. The van der Waals surface area contributed by atoms with Gasteiger partial charge in [-0.15, -0.1) is 0 Å². The van der Waals surface area contributed by atoms with E-state index in [0.717, 1.165) is 50.8 Å². The van der Waals surface area contributed by atoms with Gasteiger partial charge >= 0.3 is 0 Å². The Kier molecular flexibility index (Phi) is 3.09. The van der Waals surface area contributed by atoms with E-state index >= 15 is 0 Å². The fourth-order valence-electron chi connectivity index (χ4n) is 5.07. The number of nitrogens with one attached hydrogen (secondary N) is 1. The molecule has 4 aliphatic heterocycles. The van der Waals surface area contributed by atoms with Crippen LogP contribution in [0.2, 0.25) is 0 Å². The van der Waals surface area contributed by atoms with Crippen LogP contribution in [0.5, 0.6) is 11.5 Å². The molecule has 6 nitrogen and oxygen atoms in total. The molecule has 2 aromatic rings. The van der Waals surface area contributed by atoms with Crippen molar-refractivity contribution >= 4 is 10.9 Å². The third-order valence-electron chi connectivity index (χ3n) is 6.24. The highest BCUT2D eigenvalue weighted by Crippen LogP contribution is 2.43. The van der Waals surface area contributed by atoms with Gasteiger partial charge in [0, 0.05) is 42.3 Å². The lowest BCUT2D eigenvalue weighted by atomic mass is 9.92. The van der Waals surface area contributed by atoms with Crippen molar-refractivity contribution in [3.8, 4) is 11.5 Å². The number of morpholine rings is 1. The average Bonchev–Trinajstić information content (AvgIpc) is 3.03. The van der Waals surface area contributed by atoms with Crippen molar-refractivity contribution in [2.45, 2.75) is 25.0 Å². The van der Waals surface area contributed by atoms with E-state index in [1.54, 1.807) is 0 Å². The Balaban J connectivity index is 1.43. The van der Waals surface area contributed by atoms with Gasteiger partial charge in [0.15, 0.2) is 11.5 Å². The molecule has 6 heteroatoms. The van der Waals surface area contributed by atoms with Gasteiger partial charge in [-0.1, -0.05) is 0 Å². The van der Waals surface area contributed by atoms with Gasteiger partial charge in [0.05, 0.1) is 25.4 Å². The lowest BCUT2D eigenvalue weighted by Gasteiger charge is -2.51. The quantitative estimate of drug-likeness (QED) is 0.793. The zero-order valence-electron chi connectivity index (χ0n) is 14.3. The van der Waals surface area contributed by atoms with Crippen LogP contribution >= 0.6 is 0 Å². The Labute approximate surface area is 146 Å². The molecule has 2 fully saturated rings. The van der Waals surface area contributed by atoms with Crippen LogP contribution in [0.4, 0.5) is 0 Å². The first-order valence-corrected chi connectivity index (χ1v) is 9.40. The monoisotopic (exact) mass is 341 g/mol. The second-order valence-corrected chi connectivity index (χ2v) is 7.44. The SMILES string of the molecule is c1c2c(cc3c4c([nH]c13)[C@@H]1CCN3CCOC[C@@H]3N1CC4)OCCO2. The molecule has 132 valence electrons. The maximum atomic E-state index is 5.80. The van der Waals surface area contributed by atoms with Crippen LogP contribution in [0.3, 0.4) is 0 Å². The highest BCUT2D eigenvalue weighted by atomic mass is 16.6. The van der Waals surface area contributed by atoms with Crippen molar-refractivity contribution in [3.05, 3.63) is 23.4 Å². The molecule has 0 saturated carbocycles. The fourth-order valence-corrected chi connectivity index (χ4v) is 5.07. The summed E-state index contributed by atoms with van der Waals surface area (Å²) in [6, 6.07) is 4.76. The predicted molar refractivity (Wildman–Crippen MR) is 93.2 cm³/mol. The number of fused-ring (bicyclic) bond motifs is 8. The largest absolute Gasteiger partial charge is 0.486 e. The molecule has 0 bridgehead atoms. The number of nitrogens with zero attached hydrogens (tertiary/aromatic N) is 2. The van der Waals surface area contributed by atoms with Crippen LogP contribution < -0.4 is 9.47 Å². The molecular formula is C19H23N3O3. The van der Waals surface area contributed by atoms with Crippen molar-refractivity contribution in [1.82, 2.24) is 14.8 Å². The number of ether oxygens (including phenoxy) is 3. The molecule has 1 aromatic carbocycles. The van der Waals surface area contributed by atoms with Crippen LogP contribution in [0.15, 0.2) is 12.1 Å². The molecule has 1 N–H and O–H groups in total. The van der Waals surface area contributed by atoms with E-state index in [2.05, 4.69) is 26.9 Å². The molecule has 1 aromatic heterocycles. The van der Waals surface area contributed by atoms with Crippen LogP contribution in [0, 0.1) is 0 Å². The Morgan fingerprint density at radius 3 is 2.80 bits per heavy atom. The number of aromatic amines is 1. The first kappa shape index (κ1) is 14.4. The highest BCUT2D eigenvalue weighted by molar-refractivity contribution is 5.88. The van der Waals surface area contributed by atoms with Crippen LogP contribution in [0.25, 0.3) is 10.9 Å². The Morgan fingerprint density at radius 1 is 1.00 bits per heavy atom. The third-order valence-corrected chi connectivity index (χ3v) is 6.24. The number of rotatable bonds is 0. The summed E-state index contributed by atoms with van der Waals surface area (Å²) in [6.45, 7) is 6.30. The lowest BCUT2D eigenvalue weighted by Crippen LogP contribution is -2.61. The molecule has 2 atom stereocenters. The second-order valence-electron chi connectivity index (χ2n) is 7.44. The summed E-state index contributed by atoms with van der Waals surface area (Å²) in [5, 5.41) is 1.31. The molecule has 2 saturated heterocycles. The molecule has 0 spiro atoms. The van der Waals surface area contributed by atoms with Crippen molar-refractivity contribution in [2.75, 3.05) is 46.1 Å². The third kappa shape index (κ3) is 2.08. The highest BCUT2D eigenvalue weighted by Gasteiger charge is 2.41. The maximum absolute atomic E-state index is 5.80. The van der Waals surface area contributed by atoms with E-state index < -0.39 is 0 Å². The Morgan fingerprint density at radius 2 is 1.88 bits per heavy atom. The minimum atomic E-state index is 0.437. The Hall–Kier alpha value is -1.76. The van der Waals surface area contributed by atoms with E-state index in [1.165, 1.54) is 28.6 Å². The van der Waals surface area contributed by atoms with E-state index in [9.17, 15) is 0 Å². The minimum absolute atomic E-state index is 0.437. The smallest absolute Gasteiger partial charge is 0.163 e. The van der Waals surface area contributed by atoms with Gasteiger partial charge in [-0.3, -0.25) is 9.80 Å². The number of benzene rings is 1. The molecule has 0 radical (unpaired) electrons. The van der Waals surface area contributed by atoms with E-state index in [4.69, 9.17) is 14.2 Å². The standard InChI is InChI=1S/C19H23N3O3/c1-4-22-15(2-3-21-5-6-23-11-18(21)22)19-12(1)13-9-16-17(10-14(13)20-19)25-8-7-24-16/h9-10,15,18,20H,1-8,11H2/t15-,18-/m0/s1. The van der Waals surface area contributed by atoms with Gasteiger partial charge in [-0.05, 0) is 24.5 Å². The first-order valence-electron chi connectivity index (χ1n) is 9.40. The number of hydrogen-bond donors (Lipinski definition) is 1. The van der Waals surface area contributed by atoms with Gasteiger partial charge in [-0.2, -0.15) is 0 Å². The molecule has 0 aliphatic carbocycles. The van der Waals surface area contributed by atoms with Crippen LogP contribution in [0.1, 0.15) is 23.7 Å². The average molecular weight is 341 g/mol. The predicted octanol–water partition coefficient (Wildman–Crippen LogP) is 1.90. The summed E-state index contributed by atoms with van der Waals surface area (Å²) in [7, 11) is 0. The zero-order chi connectivity index (χ0) is 16.4. The molecule has 0 amide bonds. The molecule has 5 heterocycles. The topological polar surface area (TPSA) is 50.0 Å². The summed E-state index contributed by atoms with van der Waals surface area (Å²) in [5.74, 6) is 1.75. The van der Waals surface area contributed by atoms with Gasteiger partial charge in [0.1, 0.15) is 13.2 Å². The van der Waals surface area contributed by atoms with Crippen molar-refractivity contribution in [2.24, 2.45) is 0 Å². The minimum Gasteiger partial charge on any atom is -0.486 e. The second kappa shape index (κ2) is 5.37. The van der Waals surface area contributed by atoms with E-state index in [1.807, 2.05) is 0 Å². The van der Waals surface area contributed by atoms with Gasteiger partial charge in [-0.25, -0.2) is 0 Å². The normalized spacial score (nSPS) is 29.1. The summed E-state index contributed by atoms with van der Waals surface area (Å²) in [5.41, 5.74) is 4.05. The molecule has 25 heavy (non-hydrogen) atoms. The first-order chi connectivity index (χ1) is 12.4. The summed E-state index contributed by atoms with van der Waals surface area (Å²) in [4.78, 5) is 8.96. The van der Waals surface area contributed by atoms with Crippen LogP contribution in [-0.2, 0) is 11.2 Å². The summed E-state index contributed by atoms with van der Waals surface area (Å²) >= 11 is 0. The van der Waals surface area contributed by atoms with Crippen LogP contribution in [-0.4, -0.2) is 67.0 Å². The molecule has 4 aliphatic rings. The van der Waals surface area contributed by atoms with Crippen molar-refractivity contribution in [1.29, 1.82) is 0 Å². The van der Waals surface area contributed by atoms with Gasteiger partial charge in [0.2, 0.25) is 0 Å². The lowest BCUT2D eigenvalue weighted by molar-refractivity contribution is -0.120. The molecule has 6 rings (SSSR count).